The van der Waals surface area contributed by atoms with Crippen molar-refractivity contribution in [3.8, 4) is 0 Å². The van der Waals surface area contributed by atoms with Crippen LogP contribution in [0, 0.1) is 5.92 Å². The molecule has 0 spiro atoms. The van der Waals surface area contributed by atoms with E-state index >= 15 is 0 Å². The van der Waals surface area contributed by atoms with Gasteiger partial charge in [0.2, 0.25) is 11.7 Å². The van der Waals surface area contributed by atoms with Crippen LogP contribution in [0.15, 0.2) is 6.07 Å². The van der Waals surface area contributed by atoms with Crippen LogP contribution in [0.3, 0.4) is 0 Å². The fourth-order valence-corrected chi connectivity index (χ4v) is 2.52. The summed E-state index contributed by atoms with van der Waals surface area (Å²) in [6, 6.07) is 1.31. The van der Waals surface area contributed by atoms with Crippen molar-refractivity contribution in [2.45, 2.75) is 25.4 Å². The number of nitrogens with zero attached hydrogens (tertiary/aromatic N) is 3. The number of piperidine rings is 1. The maximum Gasteiger partial charge on any atom is 0.451 e. The summed E-state index contributed by atoms with van der Waals surface area (Å²) in [6.45, 7) is 1.01. The van der Waals surface area contributed by atoms with E-state index in [2.05, 4.69) is 9.97 Å². The van der Waals surface area contributed by atoms with Crippen molar-refractivity contribution in [3.63, 3.8) is 0 Å². The van der Waals surface area contributed by atoms with Gasteiger partial charge in [0.15, 0.2) is 0 Å². The molecular weight excluding hydrogens is 309 g/mol. The lowest BCUT2D eigenvalue weighted by Gasteiger charge is -2.32. The lowest BCUT2D eigenvalue weighted by molar-refractivity contribution is -0.144. The summed E-state index contributed by atoms with van der Waals surface area (Å²) in [5.41, 5.74) is 5.14. The van der Waals surface area contributed by atoms with Crippen LogP contribution in [0.2, 0.25) is 5.15 Å². The zero-order chi connectivity index (χ0) is 15.6. The predicted molar refractivity (Wildman–Crippen MR) is 70.8 cm³/mol. The van der Waals surface area contributed by atoms with E-state index in [1.54, 1.807) is 4.90 Å². The van der Waals surface area contributed by atoms with Gasteiger partial charge in [-0.05, 0) is 18.8 Å². The Hall–Kier alpha value is -1.57. The molecule has 0 unspecified atom stereocenters. The number of carbonyl (C=O) groups excluding carboxylic acids is 1. The molecule has 0 atom stereocenters. The van der Waals surface area contributed by atoms with Gasteiger partial charge in [-0.15, -0.1) is 0 Å². The molecule has 0 saturated carbocycles. The minimum atomic E-state index is -4.63. The van der Waals surface area contributed by atoms with E-state index in [0.717, 1.165) is 0 Å². The maximum atomic E-state index is 12.7. The molecule has 1 aromatic heterocycles. The van der Waals surface area contributed by atoms with Gasteiger partial charge in [-0.25, -0.2) is 9.97 Å². The first kappa shape index (κ1) is 15.8. The number of carbonyl (C=O) groups is 1. The predicted octanol–water partition coefficient (Wildman–Crippen LogP) is 2.24. The number of alkyl halides is 3. The Kier molecular flexibility index (Phi) is 4.55. The highest BCUT2D eigenvalue weighted by Gasteiger charge is 2.36. The minimum absolute atomic E-state index is 0.153. The topological polar surface area (TPSA) is 72.1 Å². The van der Waals surface area contributed by atoms with Crippen molar-refractivity contribution in [2.75, 3.05) is 18.0 Å². The van der Waals surface area contributed by atoms with Crippen LogP contribution in [0.1, 0.15) is 25.1 Å². The SMILES string of the molecule is NC(=O)CC1CCN(c2cc(Cl)nc(C(F)(F)F)n2)CC1. The van der Waals surface area contributed by atoms with Crippen LogP contribution in [0.4, 0.5) is 19.0 Å². The highest BCUT2D eigenvalue weighted by atomic mass is 35.5. The molecule has 2 rings (SSSR count). The highest BCUT2D eigenvalue weighted by Crippen LogP contribution is 2.30. The molecule has 0 radical (unpaired) electrons. The number of aromatic nitrogens is 2. The van der Waals surface area contributed by atoms with Gasteiger partial charge in [0, 0.05) is 25.6 Å². The van der Waals surface area contributed by atoms with Crippen molar-refractivity contribution >= 4 is 23.3 Å². The third kappa shape index (κ3) is 4.20. The van der Waals surface area contributed by atoms with Gasteiger partial charge in [0.05, 0.1) is 0 Å². The summed E-state index contributed by atoms with van der Waals surface area (Å²) in [5.74, 6) is -1.29. The fourth-order valence-electron chi connectivity index (χ4n) is 2.35. The molecule has 1 aliphatic heterocycles. The smallest absolute Gasteiger partial charge is 0.370 e. The number of hydrogen-bond acceptors (Lipinski definition) is 4. The van der Waals surface area contributed by atoms with E-state index in [1.165, 1.54) is 6.07 Å². The van der Waals surface area contributed by atoms with E-state index in [1.807, 2.05) is 0 Å². The average molecular weight is 323 g/mol. The van der Waals surface area contributed by atoms with Crippen molar-refractivity contribution < 1.29 is 18.0 Å². The number of hydrogen-bond donors (Lipinski definition) is 1. The Morgan fingerprint density at radius 3 is 2.52 bits per heavy atom. The van der Waals surface area contributed by atoms with Crippen LogP contribution in [0.5, 0.6) is 0 Å². The largest absolute Gasteiger partial charge is 0.451 e. The third-order valence-corrected chi connectivity index (χ3v) is 3.56. The van der Waals surface area contributed by atoms with Crippen LogP contribution < -0.4 is 10.6 Å². The van der Waals surface area contributed by atoms with Gasteiger partial charge >= 0.3 is 6.18 Å². The van der Waals surface area contributed by atoms with Gasteiger partial charge in [0.25, 0.3) is 0 Å². The number of nitrogens with two attached hydrogens (primary N) is 1. The molecule has 2 heterocycles. The van der Waals surface area contributed by atoms with E-state index in [0.29, 0.717) is 32.4 Å². The summed E-state index contributed by atoms with van der Waals surface area (Å²) in [7, 11) is 0. The molecule has 1 saturated heterocycles. The lowest BCUT2D eigenvalue weighted by atomic mass is 9.93. The Bertz CT molecular complexity index is 530. The number of amides is 1. The second-order valence-corrected chi connectivity index (χ2v) is 5.36. The van der Waals surface area contributed by atoms with Gasteiger partial charge in [-0.3, -0.25) is 4.79 Å². The molecule has 5 nitrogen and oxygen atoms in total. The summed E-state index contributed by atoms with van der Waals surface area (Å²) < 4.78 is 38.0. The van der Waals surface area contributed by atoms with Gasteiger partial charge in [0.1, 0.15) is 11.0 Å². The zero-order valence-corrected chi connectivity index (χ0v) is 11.8. The Morgan fingerprint density at radius 2 is 2.00 bits per heavy atom. The Balaban J connectivity index is 2.10. The molecule has 0 aliphatic carbocycles. The molecule has 2 N–H and O–H groups in total. The van der Waals surface area contributed by atoms with Gasteiger partial charge in [-0.1, -0.05) is 11.6 Å². The number of primary amides is 1. The van der Waals surface area contributed by atoms with E-state index in [-0.39, 0.29) is 22.8 Å². The fraction of sp³-hybridized carbons (Fsp3) is 0.583. The third-order valence-electron chi connectivity index (χ3n) is 3.36. The summed E-state index contributed by atoms with van der Waals surface area (Å²) in [4.78, 5) is 19.3. The summed E-state index contributed by atoms with van der Waals surface area (Å²) in [5, 5.41) is -0.244. The van der Waals surface area contributed by atoms with E-state index < -0.39 is 12.0 Å². The first-order valence-electron chi connectivity index (χ1n) is 6.40. The molecule has 21 heavy (non-hydrogen) atoms. The zero-order valence-electron chi connectivity index (χ0n) is 11.0. The molecule has 1 aromatic rings. The molecular formula is C12H14ClF3N4O. The van der Waals surface area contributed by atoms with Crippen molar-refractivity contribution in [1.29, 1.82) is 0 Å². The lowest BCUT2D eigenvalue weighted by Crippen LogP contribution is -2.36. The first-order chi connectivity index (χ1) is 9.75. The number of anilines is 1. The van der Waals surface area contributed by atoms with Crippen LogP contribution in [-0.4, -0.2) is 29.0 Å². The second-order valence-electron chi connectivity index (χ2n) is 4.97. The summed E-state index contributed by atoms with van der Waals surface area (Å²) >= 11 is 5.63. The molecule has 0 bridgehead atoms. The van der Waals surface area contributed by atoms with E-state index in [9.17, 15) is 18.0 Å². The monoisotopic (exact) mass is 322 g/mol. The van der Waals surface area contributed by atoms with E-state index in [4.69, 9.17) is 17.3 Å². The quantitative estimate of drug-likeness (QED) is 0.866. The molecule has 9 heteroatoms. The van der Waals surface area contributed by atoms with Gasteiger partial charge < -0.3 is 10.6 Å². The molecule has 1 fully saturated rings. The number of halogens is 4. The molecule has 0 aromatic carbocycles. The van der Waals surface area contributed by atoms with Crippen molar-refractivity contribution in [2.24, 2.45) is 11.7 Å². The molecule has 1 amide bonds. The number of rotatable bonds is 3. The Labute approximate surface area is 124 Å². The summed E-state index contributed by atoms with van der Waals surface area (Å²) in [6.07, 6.45) is -2.99. The minimum Gasteiger partial charge on any atom is -0.370 e. The van der Waals surface area contributed by atoms with Crippen molar-refractivity contribution in [3.05, 3.63) is 17.0 Å². The standard InChI is InChI=1S/C12H14ClF3N4O/c13-8-6-10(19-11(18-8)12(14,15)16)20-3-1-7(2-4-20)5-9(17)21/h6-7H,1-5H2,(H2,17,21). The maximum absolute atomic E-state index is 12.7. The molecule has 116 valence electrons. The molecule has 1 aliphatic rings. The Morgan fingerprint density at radius 1 is 1.38 bits per heavy atom. The van der Waals surface area contributed by atoms with Crippen molar-refractivity contribution in [1.82, 2.24) is 9.97 Å². The van der Waals surface area contributed by atoms with Crippen LogP contribution >= 0.6 is 11.6 Å². The normalized spacial score (nSPS) is 17.0. The van der Waals surface area contributed by atoms with Crippen LogP contribution in [-0.2, 0) is 11.0 Å². The average Bonchev–Trinajstić information content (AvgIpc) is 2.37. The van der Waals surface area contributed by atoms with Crippen LogP contribution in [0.25, 0.3) is 0 Å². The van der Waals surface area contributed by atoms with Gasteiger partial charge in [-0.2, -0.15) is 13.2 Å². The highest BCUT2D eigenvalue weighted by molar-refractivity contribution is 6.29. The second kappa shape index (κ2) is 6.05. The first-order valence-corrected chi connectivity index (χ1v) is 6.78.